The van der Waals surface area contributed by atoms with Crippen LogP contribution < -0.4 is 4.74 Å². The Morgan fingerprint density at radius 3 is 1.84 bits per heavy atom. The van der Waals surface area contributed by atoms with Gasteiger partial charge in [-0.3, -0.25) is 0 Å². The zero-order valence-corrected chi connectivity index (χ0v) is 11.8. The summed E-state index contributed by atoms with van der Waals surface area (Å²) in [6.07, 6.45) is -10.2. The number of alkyl halides is 6. The lowest BCUT2D eigenvalue weighted by atomic mass is 10.0. The lowest BCUT2D eigenvalue weighted by Gasteiger charge is -2.15. The monoisotopic (exact) mass is 370 g/mol. The number of ether oxygens (including phenoxy) is 1. The minimum absolute atomic E-state index is 0.0409. The van der Waals surface area contributed by atoms with Crippen molar-refractivity contribution in [3.63, 3.8) is 0 Å². The Morgan fingerprint density at radius 1 is 0.800 bits per heavy atom. The second kappa shape index (κ2) is 6.34. The summed E-state index contributed by atoms with van der Waals surface area (Å²) in [4.78, 5) is 11.8. The van der Waals surface area contributed by atoms with Crippen LogP contribution >= 0.6 is 0 Å². The molecule has 0 N–H and O–H groups in total. The first-order valence-electron chi connectivity index (χ1n) is 6.34. The minimum atomic E-state index is -5.15. The van der Waals surface area contributed by atoms with Gasteiger partial charge in [-0.15, -0.1) is 0 Å². The van der Waals surface area contributed by atoms with Gasteiger partial charge < -0.3 is 4.74 Å². The molecule has 2 aromatic carbocycles. The minimum Gasteiger partial charge on any atom is -0.423 e. The molecular weight excluding hydrogens is 364 g/mol. The molecule has 0 saturated carbocycles. The van der Waals surface area contributed by atoms with Crippen molar-refractivity contribution in [2.24, 2.45) is 0 Å². The van der Waals surface area contributed by atoms with Gasteiger partial charge in [-0.25, -0.2) is 13.6 Å². The van der Waals surface area contributed by atoms with Crippen LogP contribution in [0.4, 0.5) is 35.1 Å². The maximum atomic E-state index is 13.0. The number of halogens is 8. The zero-order chi connectivity index (χ0) is 19.0. The van der Waals surface area contributed by atoms with Crippen LogP contribution in [0.2, 0.25) is 0 Å². The van der Waals surface area contributed by atoms with E-state index in [1.54, 1.807) is 0 Å². The third-order valence-electron chi connectivity index (χ3n) is 2.92. The van der Waals surface area contributed by atoms with Crippen molar-refractivity contribution in [3.8, 4) is 5.75 Å². The van der Waals surface area contributed by atoms with Crippen LogP contribution in [0.1, 0.15) is 21.5 Å². The van der Waals surface area contributed by atoms with Gasteiger partial charge in [0.05, 0.1) is 16.7 Å². The molecule has 10 heteroatoms. The molecule has 0 bridgehead atoms. The standard InChI is InChI=1S/C15H6F8O2/c16-8-4-9(17)6-10(5-8)25-13(24)11-3-7(14(18,19)20)1-2-12(11)15(21,22)23/h1-6H. The summed E-state index contributed by atoms with van der Waals surface area (Å²) < 4.78 is 107. The van der Waals surface area contributed by atoms with Gasteiger partial charge in [-0.1, -0.05) is 0 Å². The Hall–Kier alpha value is -2.65. The fourth-order valence-corrected chi connectivity index (χ4v) is 1.89. The molecule has 0 atom stereocenters. The van der Waals surface area contributed by atoms with Crippen LogP contribution in [0.3, 0.4) is 0 Å². The summed E-state index contributed by atoms with van der Waals surface area (Å²) in [5, 5.41) is 0. The third-order valence-corrected chi connectivity index (χ3v) is 2.92. The van der Waals surface area contributed by atoms with Crippen LogP contribution in [0, 0.1) is 11.6 Å². The molecule has 25 heavy (non-hydrogen) atoms. The Labute approximate surface area is 134 Å². The molecule has 2 rings (SSSR count). The molecule has 0 radical (unpaired) electrons. The molecule has 2 aromatic rings. The highest BCUT2D eigenvalue weighted by Gasteiger charge is 2.39. The number of esters is 1. The van der Waals surface area contributed by atoms with Crippen LogP contribution in [0.5, 0.6) is 5.75 Å². The largest absolute Gasteiger partial charge is 0.423 e. The second-order valence-electron chi connectivity index (χ2n) is 4.75. The maximum Gasteiger partial charge on any atom is 0.417 e. The molecule has 0 amide bonds. The SMILES string of the molecule is O=C(Oc1cc(F)cc(F)c1)c1cc(C(F)(F)F)ccc1C(F)(F)F. The smallest absolute Gasteiger partial charge is 0.417 e. The van der Waals surface area contributed by atoms with Crippen molar-refractivity contribution < 1.29 is 44.7 Å². The molecule has 0 aliphatic carbocycles. The van der Waals surface area contributed by atoms with E-state index in [1.807, 2.05) is 0 Å². The van der Waals surface area contributed by atoms with E-state index < -0.39 is 52.4 Å². The Morgan fingerprint density at radius 2 is 1.36 bits per heavy atom. The Bertz CT molecular complexity index is 788. The van der Waals surface area contributed by atoms with Gasteiger partial charge in [0.2, 0.25) is 0 Å². The predicted molar refractivity (Wildman–Crippen MR) is 67.8 cm³/mol. The van der Waals surface area contributed by atoms with Gasteiger partial charge in [0.1, 0.15) is 17.4 Å². The third kappa shape index (κ3) is 4.46. The van der Waals surface area contributed by atoms with Gasteiger partial charge in [-0.2, -0.15) is 26.3 Å². The molecule has 0 heterocycles. The van der Waals surface area contributed by atoms with Crippen molar-refractivity contribution in [1.82, 2.24) is 0 Å². The van der Waals surface area contributed by atoms with Crippen molar-refractivity contribution in [2.45, 2.75) is 12.4 Å². The first-order chi connectivity index (χ1) is 11.4. The average Bonchev–Trinajstić information content (AvgIpc) is 2.43. The number of carbonyl (C=O) groups is 1. The average molecular weight is 370 g/mol. The van der Waals surface area contributed by atoms with Crippen molar-refractivity contribution >= 4 is 5.97 Å². The number of rotatable bonds is 2. The Kier molecular flexibility index (Phi) is 4.74. The van der Waals surface area contributed by atoms with Crippen LogP contribution in [0.15, 0.2) is 36.4 Å². The van der Waals surface area contributed by atoms with E-state index in [0.717, 1.165) is 0 Å². The second-order valence-corrected chi connectivity index (χ2v) is 4.75. The molecule has 0 fully saturated rings. The van der Waals surface area contributed by atoms with E-state index in [1.165, 1.54) is 0 Å². The van der Waals surface area contributed by atoms with Gasteiger partial charge >= 0.3 is 18.3 Å². The summed E-state index contributed by atoms with van der Waals surface area (Å²) in [5.74, 6) is -5.03. The van der Waals surface area contributed by atoms with Crippen LogP contribution in [-0.2, 0) is 12.4 Å². The lowest BCUT2D eigenvalue weighted by Crippen LogP contribution is -2.19. The summed E-state index contributed by atoms with van der Waals surface area (Å²) >= 11 is 0. The first kappa shape index (κ1) is 18.7. The molecule has 134 valence electrons. The fourth-order valence-electron chi connectivity index (χ4n) is 1.89. The van der Waals surface area contributed by atoms with E-state index in [2.05, 4.69) is 4.74 Å². The summed E-state index contributed by atoms with van der Waals surface area (Å²) in [7, 11) is 0. The van der Waals surface area contributed by atoms with Gasteiger partial charge in [0, 0.05) is 18.2 Å². The van der Waals surface area contributed by atoms with E-state index in [9.17, 15) is 39.9 Å². The zero-order valence-electron chi connectivity index (χ0n) is 11.8. The molecule has 0 saturated heterocycles. The van der Waals surface area contributed by atoms with Crippen molar-refractivity contribution in [3.05, 3.63) is 64.7 Å². The first-order valence-corrected chi connectivity index (χ1v) is 6.34. The topological polar surface area (TPSA) is 26.3 Å². The molecular formula is C15H6F8O2. The van der Waals surface area contributed by atoms with E-state index in [0.29, 0.717) is 18.2 Å². The quantitative estimate of drug-likeness (QED) is 0.412. The summed E-state index contributed by atoms with van der Waals surface area (Å²) in [5.41, 5.74) is -4.63. The van der Waals surface area contributed by atoms with Crippen molar-refractivity contribution in [2.75, 3.05) is 0 Å². The number of hydrogen-bond donors (Lipinski definition) is 0. The van der Waals surface area contributed by atoms with E-state index >= 15 is 0 Å². The number of hydrogen-bond acceptors (Lipinski definition) is 2. The highest BCUT2D eigenvalue weighted by atomic mass is 19.4. The Balaban J connectivity index is 2.49. The number of benzene rings is 2. The number of carbonyl (C=O) groups excluding carboxylic acids is 1. The molecule has 0 unspecified atom stereocenters. The fraction of sp³-hybridized carbons (Fsp3) is 0.133. The lowest BCUT2D eigenvalue weighted by molar-refractivity contribution is -0.141. The van der Waals surface area contributed by atoms with Gasteiger partial charge in [0.15, 0.2) is 0 Å². The molecule has 0 spiro atoms. The molecule has 0 aliphatic heterocycles. The van der Waals surface area contributed by atoms with Crippen LogP contribution in [0.25, 0.3) is 0 Å². The highest BCUT2D eigenvalue weighted by Crippen LogP contribution is 2.37. The van der Waals surface area contributed by atoms with Gasteiger partial charge in [-0.05, 0) is 18.2 Å². The highest BCUT2D eigenvalue weighted by molar-refractivity contribution is 5.93. The molecule has 0 aromatic heterocycles. The van der Waals surface area contributed by atoms with Crippen molar-refractivity contribution in [1.29, 1.82) is 0 Å². The van der Waals surface area contributed by atoms with E-state index in [4.69, 9.17) is 0 Å². The van der Waals surface area contributed by atoms with Gasteiger partial charge in [0.25, 0.3) is 0 Å². The van der Waals surface area contributed by atoms with E-state index in [-0.39, 0.29) is 18.2 Å². The normalized spacial score (nSPS) is 12.2. The predicted octanol–water partition coefficient (Wildman–Crippen LogP) is 5.22. The summed E-state index contributed by atoms with van der Waals surface area (Å²) in [6, 6.07) is 1.57. The maximum absolute atomic E-state index is 13.0. The summed E-state index contributed by atoms with van der Waals surface area (Å²) in [6.45, 7) is 0. The molecule has 0 aliphatic rings. The van der Waals surface area contributed by atoms with Crippen LogP contribution in [-0.4, -0.2) is 5.97 Å². The molecule has 2 nitrogen and oxygen atoms in total.